The lowest BCUT2D eigenvalue weighted by Crippen LogP contribution is -2.00. The summed E-state index contributed by atoms with van der Waals surface area (Å²) in [6.45, 7) is 2.02. The van der Waals surface area contributed by atoms with Crippen LogP contribution < -0.4 is 5.63 Å². The van der Waals surface area contributed by atoms with E-state index in [1.54, 1.807) is 24.1 Å². The third-order valence-electron chi connectivity index (χ3n) is 3.46. The summed E-state index contributed by atoms with van der Waals surface area (Å²) >= 11 is 7.97. The highest BCUT2D eigenvalue weighted by Gasteiger charge is 2.10. The van der Waals surface area contributed by atoms with Crippen molar-refractivity contribution in [2.24, 2.45) is 0 Å². The summed E-state index contributed by atoms with van der Waals surface area (Å²) in [4.78, 5) is 11.8. The fourth-order valence-corrected chi connectivity index (χ4v) is 3.56. The van der Waals surface area contributed by atoms with Crippen molar-refractivity contribution in [1.29, 1.82) is 0 Å². The maximum absolute atomic E-state index is 11.8. The summed E-state index contributed by atoms with van der Waals surface area (Å²) in [6, 6.07) is 9.10. The number of fused-ring (bicyclic) bond motifs is 1. The molecule has 0 atom stereocenters. The number of benzene rings is 1. The molecule has 0 fully saturated rings. The molecule has 2 aromatic heterocycles. The highest BCUT2D eigenvalue weighted by atomic mass is 35.5. The molecule has 0 saturated heterocycles. The molecule has 5 heteroatoms. The van der Waals surface area contributed by atoms with Gasteiger partial charge in [-0.15, -0.1) is 11.8 Å². The molecular weight excluding hydrogens is 320 g/mol. The summed E-state index contributed by atoms with van der Waals surface area (Å²) in [6.07, 6.45) is 2.46. The molecule has 0 unspecified atom stereocenters. The SMILES string of the molecule is CCc1cc2oc(=O)cc(CSCc3ccco3)c2cc1Cl. The first-order chi connectivity index (χ1) is 10.7. The monoisotopic (exact) mass is 334 g/mol. The number of thioether (sulfide) groups is 1. The average Bonchev–Trinajstić information content (AvgIpc) is 3.00. The van der Waals surface area contributed by atoms with Gasteiger partial charge in [-0.05, 0) is 41.8 Å². The van der Waals surface area contributed by atoms with Crippen molar-refractivity contribution in [3.63, 3.8) is 0 Å². The average molecular weight is 335 g/mol. The van der Waals surface area contributed by atoms with Crippen LogP contribution in [0, 0.1) is 0 Å². The minimum absolute atomic E-state index is 0.328. The highest BCUT2D eigenvalue weighted by Crippen LogP contribution is 2.28. The molecular formula is C17H15ClO3S. The summed E-state index contributed by atoms with van der Waals surface area (Å²) in [5.41, 5.74) is 2.19. The van der Waals surface area contributed by atoms with Crippen LogP contribution in [0.4, 0.5) is 0 Å². The zero-order valence-electron chi connectivity index (χ0n) is 12.1. The number of hydrogen-bond acceptors (Lipinski definition) is 4. The fraction of sp³-hybridized carbons (Fsp3) is 0.235. The predicted octanol–water partition coefficient (Wildman–Crippen LogP) is 5.04. The van der Waals surface area contributed by atoms with Crippen LogP contribution in [-0.2, 0) is 17.9 Å². The van der Waals surface area contributed by atoms with E-state index < -0.39 is 0 Å². The Kier molecular flexibility index (Phi) is 4.60. The highest BCUT2D eigenvalue weighted by molar-refractivity contribution is 7.97. The van der Waals surface area contributed by atoms with Gasteiger partial charge >= 0.3 is 5.63 Å². The van der Waals surface area contributed by atoms with Gasteiger partial charge in [0.15, 0.2) is 0 Å². The first-order valence-electron chi connectivity index (χ1n) is 7.02. The number of hydrogen-bond donors (Lipinski definition) is 0. The van der Waals surface area contributed by atoms with Gasteiger partial charge in [0.1, 0.15) is 11.3 Å². The molecule has 0 radical (unpaired) electrons. The minimum atomic E-state index is -0.328. The van der Waals surface area contributed by atoms with Gasteiger partial charge in [0.05, 0.1) is 12.0 Å². The Balaban J connectivity index is 1.90. The van der Waals surface area contributed by atoms with Gasteiger partial charge in [-0.1, -0.05) is 18.5 Å². The molecule has 3 aromatic rings. The van der Waals surface area contributed by atoms with Crippen molar-refractivity contribution in [1.82, 2.24) is 0 Å². The summed E-state index contributed by atoms with van der Waals surface area (Å²) < 4.78 is 10.6. The Morgan fingerprint density at radius 3 is 2.77 bits per heavy atom. The Bertz CT molecular complexity index is 837. The third-order valence-corrected chi connectivity index (χ3v) is 4.82. The van der Waals surface area contributed by atoms with Crippen molar-refractivity contribution in [3.8, 4) is 0 Å². The molecule has 114 valence electrons. The van der Waals surface area contributed by atoms with Crippen LogP contribution in [0.1, 0.15) is 23.8 Å². The Labute approximate surface area is 137 Å². The Morgan fingerprint density at radius 2 is 2.05 bits per heavy atom. The van der Waals surface area contributed by atoms with Crippen molar-refractivity contribution in [2.45, 2.75) is 24.9 Å². The van der Waals surface area contributed by atoms with Gasteiger partial charge in [-0.3, -0.25) is 0 Å². The number of halogens is 1. The van der Waals surface area contributed by atoms with Gasteiger partial charge in [-0.2, -0.15) is 0 Å². The molecule has 0 spiro atoms. The van der Waals surface area contributed by atoms with Crippen molar-refractivity contribution in [3.05, 3.63) is 68.9 Å². The van der Waals surface area contributed by atoms with Crippen LogP contribution in [0.25, 0.3) is 11.0 Å². The van der Waals surface area contributed by atoms with Crippen LogP contribution in [0.2, 0.25) is 5.02 Å². The largest absolute Gasteiger partial charge is 0.468 e. The molecule has 0 saturated carbocycles. The predicted molar refractivity (Wildman–Crippen MR) is 90.6 cm³/mol. The van der Waals surface area contributed by atoms with Gasteiger partial charge in [0, 0.05) is 22.2 Å². The number of rotatable bonds is 5. The van der Waals surface area contributed by atoms with Crippen molar-refractivity contribution in [2.75, 3.05) is 0 Å². The molecule has 3 nitrogen and oxygen atoms in total. The van der Waals surface area contributed by atoms with E-state index in [1.165, 1.54) is 0 Å². The van der Waals surface area contributed by atoms with E-state index in [0.717, 1.165) is 34.4 Å². The second kappa shape index (κ2) is 6.63. The smallest absolute Gasteiger partial charge is 0.336 e. The molecule has 0 aliphatic heterocycles. The zero-order chi connectivity index (χ0) is 15.5. The Hall–Kier alpha value is -1.65. The summed E-state index contributed by atoms with van der Waals surface area (Å²) in [5.74, 6) is 2.38. The molecule has 0 N–H and O–H groups in total. The quantitative estimate of drug-likeness (QED) is 0.613. The van der Waals surface area contributed by atoms with E-state index >= 15 is 0 Å². The minimum Gasteiger partial charge on any atom is -0.468 e. The standard InChI is InChI=1S/C17H15ClO3S/c1-2-11-6-16-14(8-15(11)18)12(7-17(19)21-16)9-22-10-13-4-3-5-20-13/h3-8H,2,9-10H2,1H3. The summed E-state index contributed by atoms with van der Waals surface area (Å²) in [5, 5.41) is 1.61. The fourth-order valence-electron chi connectivity index (χ4n) is 2.34. The third kappa shape index (κ3) is 3.23. The van der Waals surface area contributed by atoms with Crippen LogP contribution >= 0.6 is 23.4 Å². The van der Waals surface area contributed by atoms with E-state index in [9.17, 15) is 4.79 Å². The lowest BCUT2D eigenvalue weighted by atomic mass is 10.1. The molecule has 22 heavy (non-hydrogen) atoms. The molecule has 1 aromatic carbocycles. The van der Waals surface area contributed by atoms with Crippen molar-refractivity contribution >= 4 is 34.3 Å². The van der Waals surface area contributed by atoms with Crippen LogP contribution in [0.5, 0.6) is 0 Å². The van der Waals surface area contributed by atoms with Crippen LogP contribution in [0.15, 0.2) is 50.2 Å². The van der Waals surface area contributed by atoms with E-state index in [2.05, 4.69) is 0 Å². The van der Waals surface area contributed by atoms with E-state index in [0.29, 0.717) is 16.4 Å². The van der Waals surface area contributed by atoms with Gasteiger partial charge in [-0.25, -0.2) is 4.79 Å². The topological polar surface area (TPSA) is 43.4 Å². The molecule has 0 aliphatic rings. The van der Waals surface area contributed by atoms with E-state index in [4.69, 9.17) is 20.4 Å². The molecule has 0 aliphatic carbocycles. The van der Waals surface area contributed by atoms with Gasteiger partial charge < -0.3 is 8.83 Å². The lowest BCUT2D eigenvalue weighted by Gasteiger charge is -2.08. The number of furan rings is 1. The zero-order valence-corrected chi connectivity index (χ0v) is 13.7. The molecule has 3 rings (SSSR count). The molecule has 0 bridgehead atoms. The molecule has 2 heterocycles. The normalized spacial score (nSPS) is 11.2. The first-order valence-corrected chi connectivity index (χ1v) is 8.56. The van der Waals surface area contributed by atoms with E-state index in [1.807, 2.05) is 31.2 Å². The van der Waals surface area contributed by atoms with E-state index in [-0.39, 0.29) is 5.63 Å². The van der Waals surface area contributed by atoms with Crippen molar-refractivity contribution < 1.29 is 8.83 Å². The van der Waals surface area contributed by atoms with Gasteiger partial charge in [0.2, 0.25) is 0 Å². The van der Waals surface area contributed by atoms with Crippen LogP contribution in [0.3, 0.4) is 0 Å². The van der Waals surface area contributed by atoms with Gasteiger partial charge in [0.25, 0.3) is 0 Å². The molecule has 0 amide bonds. The second-order valence-electron chi connectivity index (χ2n) is 4.96. The lowest BCUT2D eigenvalue weighted by molar-refractivity contribution is 0.530. The summed E-state index contributed by atoms with van der Waals surface area (Å²) in [7, 11) is 0. The second-order valence-corrected chi connectivity index (χ2v) is 6.35. The van der Waals surface area contributed by atoms with Crippen LogP contribution in [-0.4, -0.2) is 0 Å². The first kappa shape index (κ1) is 15.3. The number of aryl methyl sites for hydroxylation is 1. The Morgan fingerprint density at radius 1 is 1.18 bits per heavy atom. The maximum atomic E-state index is 11.8. The maximum Gasteiger partial charge on any atom is 0.336 e.